The van der Waals surface area contributed by atoms with Crippen molar-refractivity contribution in [2.75, 3.05) is 0 Å². The highest BCUT2D eigenvalue weighted by molar-refractivity contribution is 9.10. The fourth-order valence-electron chi connectivity index (χ4n) is 1.56. The van der Waals surface area contributed by atoms with Crippen molar-refractivity contribution >= 4 is 38.9 Å². The minimum absolute atomic E-state index is 0.127. The van der Waals surface area contributed by atoms with Gasteiger partial charge in [0.05, 0.1) is 6.04 Å². The number of thiophene rings is 1. The monoisotopic (exact) mass is 315 g/mol. The van der Waals surface area contributed by atoms with E-state index >= 15 is 0 Å². The maximum atomic E-state index is 6.22. The average molecular weight is 317 g/mol. The molecule has 84 valence electrons. The summed E-state index contributed by atoms with van der Waals surface area (Å²) in [6.07, 6.45) is 0. The van der Waals surface area contributed by atoms with Gasteiger partial charge in [-0.15, -0.1) is 11.3 Å². The molecule has 1 nitrogen and oxygen atoms in total. The molecule has 0 aliphatic rings. The van der Waals surface area contributed by atoms with E-state index in [9.17, 15) is 0 Å². The minimum Gasteiger partial charge on any atom is -0.320 e. The second-order valence-electron chi connectivity index (χ2n) is 3.63. The van der Waals surface area contributed by atoms with Crippen LogP contribution in [0.15, 0.2) is 34.1 Å². The van der Waals surface area contributed by atoms with Gasteiger partial charge >= 0.3 is 0 Å². The van der Waals surface area contributed by atoms with Crippen LogP contribution in [0, 0.1) is 6.92 Å². The molecule has 16 heavy (non-hydrogen) atoms. The van der Waals surface area contributed by atoms with E-state index in [0.29, 0.717) is 5.02 Å². The van der Waals surface area contributed by atoms with Crippen LogP contribution in [0.2, 0.25) is 5.02 Å². The summed E-state index contributed by atoms with van der Waals surface area (Å²) in [4.78, 5) is 1.27. The molecule has 1 unspecified atom stereocenters. The summed E-state index contributed by atoms with van der Waals surface area (Å²) in [6.45, 7) is 2.08. The van der Waals surface area contributed by atoms with Crippen molar-refractivity contribution in [1.29, 1.82) is 0 Å². The Hall–Kier alpha value is -0.350. The van der Waals surface area contributed by atoms with Crippen molar-refractivity contribution in [3.63, 3.8) is 0 Å². The number of hydrogen-bond acceptors (Lipinski definition) is 2. The second kappa shape index (κ2) is 4.88. The summed E-state index contributed by atoms with van der Waals surface area (Å²) in [5.41, 5.74) is 8.37. The van der Waals surface area contributed by atoms with Gasteiger partial charge in [0, 0.05) is 14.4 Å². The summed E-state index contributed by atoms with van der Waals surface area (Å²) in [5.74, 6) is 0. The topological polar surface area (TPSA) is 26.0 Å². The Morgan fingerprint density at radius 1 is 1.38 bits per heavy atom. The molecule has 1 heterocycles. The number of aryl methyl sites for hydroxylation is 1. The van der Waals surface area contributed by atoms with Gasteiger partial charge in [-0.2, -0.15) is 0 Å². The summed E-state index contributed by atoms with van der Waals surface area (Å²) < 4.78 is 0.994. The Bertz CT molecular complexity index is 509. The molecular formula is C12H11BrClNS. The molecule has 1 aromatic heterocycles. The molecule has 2 rings (SSSR count). The molecule has 0 bridgehead atoms. The first-order valence-electron chi connectivity index (χ1n) is 4.83. The minimum atomic E-state index is -0.127. The van der Waals surface area contributed by atoms with Crippen LogP contribution in [0.25, 0.3) is 0 Å². The first kappa shape index (κ1) is 12.1. The van der Waals surface area contributed by atoms with Crippen molar-refractivity contribution in [2.45, 2.75) is 13.0 Å². The van der Waals surface area contributed by atoms with Gasteiger partial charge in [-0.25, -0.2) is 0 Å². The SMILES string of the molecule is Cc1cc(C(N)c2cc(Cl)ccc2Br)cs1. The Morgan fingerprint density at radius 3 is 2.75 bits per heavy atom. The van der Waals surface area contributed by atoms with Crippen LogP contribution < -0.4 is 5.73 Å². The van der Waals surface area contributed by atoms with Gasteiger partial charge < -0.3 is 5.73 Å². The van der Waals surface area contributed by atoms with Gasteiger partial charge in [-0.1, -0.05) is 27.5 Å². The zero-order chi connectivity index (χ0) is 11.7. The number of halogens is 2. The van der Waals surface area contributed by atoms with Gasteiger partial charge in [0.2, 0.25) is 0 Å². The maximum Gasteiger partial charge on any atom is 0.0571 e. The lowest BCUT2D eigenvalue weighted by Gasteiger charge is -2.12. The fraction of sp³-hybridized carbons (Fsp3) is 0.167. The molecule has 2 N–H and O–H groups in total. The summed E-state index contributed by atoms with van der Waals surface area (Å²) in [7, 11) is 0. The maximum absolute atomic E-state index is 6.22. The van der Waals surface area contributed by atoms with Gasteiger partial charge in [-0.3, -0.25) is 0 Å². The number of nitrogens with two attached hydrogens (primary N) is 1. The molecule has 0 aliphatic heterocycles. The van der Waals surface area contributed by atoms with Crippen LogP contribution in [0.4, 0.5) is 0 Å². The lowest BCUT2D eigenvalue weighted by atomic mass is 10.0. The molecule has 2 aromatic rings. The molecule has 0 spiro atoms. The predicted molar refractivity (Wildman–Crippen MR) is 74.2 cm³/mol. The van der Waals surface area contributed by atoms with E-state index in [1.54, 1.807) is 11.3 Å². The van der Waals surface area contributed by atoms with Gasteiger partial charge in [0.25, 0.3) is 0 Å². The third-order valence-electron chi connectivity index (χ3n) is 2.40. The molecule has 0 aliphatic carbocycles. The Balaban J connectivity index is 2.40. The Labute approximate surface area is 112 Å². The first-order valence-corrected chi connectivity index (χ1v) is 6.88. The summed E-state index contributed by atoms with van der Waals surface area (Å²) in [5, 5.41) is 2.80. The highest BCUT2D eigenvalue weighted by atomic mass is 79.9. The molecule has 1 aromatic carbocycles. The normalized spacial score (nSPS) is 12.8. The van der Waals surface area contributed by atoms with E-state index < -0.39 is 0 Å². The molecule has 0 saturated carbocycles. The van der Waals surface area contributed by atoms with E-state index in [-0.39, 0.29) is 6.04 Å². The summed E-state index contributed by atoms with van der Waals surface area (Å²) in [6, 6.07) is 7.67. The van der Waals surface area contributed by atoms with Crippen LogP contribution in [-0.2, 0) is 0 Å². The second-order valence-corrected chi connectivity index (χ2v) is 6.04. The van der Waals surface area contributed by atoms with E-state index in [1.807, 2.05) is 18.2 Å². The molecule has 0 saturated heterocycles. The van der Waals surface area contributed by atoms with Crippen LogP contribution in [-0.4, -0.2) is 0 Å². The smallest absolute Gasteiger partial charge is 0.0571 e. The quantitative estimate of drug-likeness (QED) is 0.866. The van der Waals surface area contributed by atoms with E-state index in [1.165, 1.54) is 4.88 Å². The number of rotatable bonds is 2. The predicted octanol–water partition coefficient (Wildman–Crippen LogP) is 4.52. The molecule has 0 fully saturated rings. The van der Waals surface area contributed by atoms with Crippen LogP contribution >= 0.6 is 38.9 Å². The highest BCUT2D eigenvalue weighted by Crippen LogP contribution is 2.31. The van der Waals surface area contributed by atoms with Crippen molar-refractivity contribution in [2.24, 2.45) is 5.73 Å². The van der Waals surface area contributed by atoms with Crippen molar-refractivity contribution in [3.8, 4) is 0 Å². The highest BCUT2D eigenvalue weighted by Gasteiger charge is 2.13. The third-order valence-corrected chi connectivity index (χ3v) is 4.24. The number of hydrogen-bond donors (Lipinski definition) is 1. The first-order chi connectivity index (χ1) is 7.58. The molecule has 4 heteroatoms. The van der Waals surface area contributed by atoms with Gasteiger partial charge in [0.15, 0.2) is 0 Å². The lowest BCUT2D eigenvalue weighted by Crippen LogP contribution is -2.11. The third kappa shape index (κ3) is 2.48. The number of benzene rings is 1. The lowest BCUT2D eigenvalue weighted by molar-refractivity contribution is 0.870. The zero-order valence-corrected chi connectivity index (χ0v) is 11.9. The van der Waals surface area contributed by atoms with E-state index in [2.05, 4.69) is 34.3 Å². The Kier molecular flexibility index (Phi) is 3.70. The van der Waals surface area contributed by atoms with Gasteiger partial charge in [-0.05, 0) is 47.7 Å². The van der Waals surface area contributed by atoms with Crippen molar-refractivity contribution < 1.29 is 0 Å². The summed E-state index contributed by atoms with van der Waals surface area (Å²) >= 11 is 11.2. The van der Waals surface area contributed by atoms with Crippen molar-refractivity contribution in [1.82, 2.24) is 0 Å². The Morgan fingerprint density at radius 2 is 2.12 bits per heavy atom. The standard InChI is InChI=1S/C12H11BrClNS/c1-7-4-8(6-16-7)12(15)10-5-9(14)2-3-11(10)13/h2-6,12H,15H2,1H3. The molecule has 1 atom stereocenters. The van der Waals surface area contributed by atoms with E-state index in [4.69, 9.17) is 17.3 Å². The fourth-order valence-corrected chi connectivity index (χ4v) is 2.97. The van der Waals surface area contributed by atoms with E-state index in [0.717, 1.165) is 15.6 Å². The van der Waals surface area contributed by atoms with Crippen molar-refractivity contribution in [3.05, 3.63) is 55.1 Å². The molecule has 0 amide bonds. The zero-order valence-electron chi connectivity index (χ0n) is 8.71. The molecule has 0 radical (unpaired) electrons. The van der Waals surface area contributed by atoms with Crippen LogP contribution in [0.1, 0.15) is 22.0 Å². The molecular weight excluding hydrogens is 306 g/mol. The largest absolute Gasteiger partial charge is 0.320 e. The average Bonchev–Trinajstić information content (AvgIpc) is 2.67. The van der Waals surface area contributed by atoms with Gasteiger partial charge in [0.1, 0.15) is 0 Å². The van der Waals surface area contributed by atoms with Crippen LogP contribution in [0.5, 0.6) is 0 Å². The van der Waals surface area contributed by atoms with Crippen LogP contribution in [0.3, 0.4) is 0 Å².